The van der Waals surface area contributed by atoms with Crippen LogP contribution in [0.25, 0.3) is 0 Å². The summed E-state index contributed by atoms with van der Waals surface area (Å²) in [6, 6.07) is 0.490. The summed E-state index contributed by atoms with van der Waals surface area (Å²) in [6.07, 6.45) is 0.873. The van der Waals surface area contributed by atoms with E-state index >= 15 is 0 Å². The van der Waals surface area contributed by atoms with E-state index in [-0.39, 0.29) is 6.09 Å². The Kier molecular flexibility index (Phi) is 3.54. The van der Waals surface area contributed by atoms with Crippen molar-refractivity contribution in [2.45, 2.75) is 19.4 Å². The van der Waals surface area contributed by atoms with Gasteiger partial charge in [-0.15, -0.1) is 0 Å². The fourth-order valence-corrected chi connectivity index (χ4v) is 1.54. The molecule has 1 atom stereocenters. The third-order valence-electron chi connectivity index (χ3n) is 2.42. The molecule has 0 aromatic heterocycles. The van der Waals surface area contributed by atoms with E-state index in [0.29, 0.717) is 12.6 Å². The van der Waals surface area contributed by atoms with Gasteiger partial charge in [-0.1, -0.05) is 0 Å². The molecule has 1 amide bonds. The smallest absolute Gasteiger partial charge is 0.409 e. The lowest BCUT2D eigenvalue weighted by atomic mass is 10.2. The first kappa shape index (κ1) is 10.3. The molecule has 4 nitrogen and oxygen atoms in total. The highest BCUT2D eigenvalue weighted by atomic mass is 16.6. The van der Waals surface area contributed by atoms with Crippen molar-refractivity contribution in [3.63, 3.8) is 0 Å². The van der Waals surface area contributed by atoms with Crippen LogP contribution in [0.4, 0.5) is 4.79 Å². The second-order valence-corrected chi connectivity index (χ2v) is 3.55. The third kappa shape index (κ3) is 2.59. The third-order valence-corrected chi connectivity index (χ3v) is 2.42. The molecule has 4 heteroatoms. The van der Waals surface area contributed by atoms with Gasteiger partial charge in [-0.25, -0.2) is 4.79 Å². The zero-order valence-corrected chi connectivity index (χ0v) is 8.62. The topological polar surface area (TPSA) is 32.8 Å². The van der Waals surface area contributed by atoms with Crippen LogP contribution in [0.3, 0.4) is 0 Å². The SMILES string of the molecule is CCOC(=O)N1CC[C@@H](N(C)C)C1. The van der Waals surface area contributed by atoms with Gasteiger partial charge in [-0.05, 0) is 27.4 Å². The minimum absolute atomic E-state index is 0.174. The average molecular weight is 186 g/mol. The maximum atomic E-state index is 11.3. The largest absolute Gasteiger partial charge is 0.450 e. The molecular formula is C9H18N2O2. The summed E-state index contributed by atoms with van der Waals surface area (Å²) in [4.78, 5) is 15.2. The zero-order valence-electron chi connectivity index (χ0n) is 8.62. The molecule has 1 aliphatic rings. The molecule has 1 heterocycles. The van der Waals surface area contributed by atoms with Gasteiger partial charge < -0.3 is 14.5 Å². The van der Waals surface area contributed by atoms with Crippen LogP contribution in [0.1, 0.15) is 13.3 Å². The van der Waals surface area contributed by atoms with Crippen LogP contribution >= 0.6 is 0 Å². The van der Waals surface area contributed by atoms with E-state index in [1.54, 1.807) is 4.90 Å². The van der Waals surface area contributed by atoms with Crippen LogP contribution in [-0.2, 0) is 4.74 Å². The first-order chi connectivity index (χ1) is 6.15. The van der Waals surface area contributed by atoms with Crippen molar-refractivity contribution in [2.75, 3.05) is 33.8 Å². The Labute approximate surface area is 79.4 Å². The molecule has 0 bridgehead atoms. The van der Waals surface area contributed by atoms with Crippen molar-refractivity contribution in [3.8, 4) is 0 Å². The minimum atomic E-state index is -0.174. The van der Waals surface area contributed by atoms with Gasteiger partial charge in [0, 0.05) is 19.1 Å². The van der Waals surface area contributed by atoms with Crippen LogP contribution in [0.2, 0.25) is 0 Å². The van der Waals surface area contributed by atoms with Gasteiger partial charge in [0.25, 0.3) is 0 Å². The van der Waals surface area contributed by atoms with Gasteiger partial charge in [0.15, 0.2) is 0 Å². The normalized spacial score (nSPS) is 22.5. The molecule has 0 unspecified atom stereocenters. The fraction of sp³-hybridized carbons (Fsp3) is 0.889. The molecule has 13 heavy (non-hydrogen) atoms. The molecule has 1 aliphatic heterocycles. The van der Waals surface area contributed by atoms with Crippen LogP contribution in [-0.4, -0.2) is 55.7 Å². The van der Waals surface area contributed by atoms with E-state index in [0.717, 1.165) is 19.5 Å². The number of likely N-dealkylation sites (tertiary alicyclic amines) is 1. The average Bonchev–Trinajstić information content (AvgIpc) is 2.52. The van der Waals surface area contributed by atoms with Crippen molar-refractivity contribution in [3.05, 3.63) is 0 Å². The fourth-order valence-electron chi connectivity index (χ4n) is 1.54. The number of likely N-dealkylation sites (N-methyl/N-ethyl adjacent to an activating group) is 1. The molecule has 1 rings (SSSR count). The highest BCUT2D eigenvalue weighted by Crippen LogP contribution is 2.13. The molecular weight excluding hydrogens is 168 g/mol. The second-order valence-electron chi connectivity index (χ2n) is 3.55. The Morgan fingerprint density at radius 3 is 2.77 bits per heavy atom. The van der Waals surface area contributed by atoms with Crippen molar-refractivity contribution >= 4 is 6.09 Å². The van der Waals surface area contributed by atoms with Crippen molar-refractivity contribution in [1.82, 2.24) is 9.80 Å². The highest BCUT2D eigenvalue weighted by molar-refractivity contribution is 5.68. The van der Waals surface area contributed by atoms with Crippen LogP contribution in [0.15, 0.2) is 0 Å². The van der Waals surface area contributed by atoms with Gasteiger partial charge in [-0.3, -0.25) is 0 Å². The monoisotopic (exact) mass is 186 g/mol. The lowest BCUT2D eigenvalue weighted by molar-refractivity contribution is 0.113. The van der Waals surface area contributed by atoms with Gasteiger partial charge in [-0.2, -0.15) is 0 Å². The lowest BCUT2D eigenvalue weighted by Crippen LogP contribution is -2.34. The highest BCUT2D eigenvalue weighted by Gasteiger charge is 2.27. The van der Waals surface area contributed by atoms with Crippen molar-refractivity contribution in [2.24, 2.45) is 0 Å². The maximum absolute atomic E-state index is 11.3. The summed E-state index contributed by atoms with van der Waals surface area (Å²) < 4.78 is 4.92. The quantitative estimate of drug-likeness (QED) is 0.639. The number of amides is 1. The van der Waals surface area contributed by atoms with Crippen molar-refractivity contribution in [1.29, 1.82) is 0 Å². The van der Waals surface area contributed by atoms with E-state index in [4.69, 9.17) is 4.74 Å². The predicted molar refractivity (Wildman–Crippen MR) is 50.7 cm³/mol. The Hall–Kier alpha value is -0.770. The zero-order chi connectivity index (χ0) is 9.84. The number of nitrogens with zero attached hydrogens (tertiary/aromatic N) is 2. The Morgan fingerprint density at radius 1 is 1.62 bits per heavy atom. The van der Waals surface area contributed by atoms with E-state index in [2.05, 4.69) is 4.90 Å². The van der Waals surface area contributed by atoms with Gasteiger partial charge in [0.1, 0.15) is 0 Å². The van der Waals surface area contributed by atoms with E-state index < -0.39 is 0 Å². The van der Waals surface area contributed by atoms with Crippen molar-refractivity contribution < 1.29 is 9.53 Å². The lowest BCUT2D eigenvalue weighted by Gasteiger charge is -2.19. The molecule has 0 aromatic carbocycles. The summed E-state index contributed by atoms with van der Waals surface area (Å²) >= 11 is 0. The Morgan fingerprint density at radius 2 is 2.31 bits per heavy atom. The first-order valence-corrected chi connectivity index (χ1v) is 4.73. The molecule has 0 aliphatic carbocycles. The number of carbonyl (C=O) groups is 1. The Balaban J connectivity index is 2.36. The summed E-state index contributed by atoms with van der Waals surface area (Å²) in [5.74, 6) is 0. The summed E-state index contributed by atoms with van der Waals surface area (Å²) in [5, 5.41) is 0. The standard InChI is InChI=1S/C9H18N2O2/c1-4-13-9(12)11-6-5-8(7-11)10(2)3/h8H,4-7H2,1-3H3/t8-/m1/s1. The van der Waals surface area contributed by atoms with Gasteiger partial charge in [0.2, 0.25) is 0 Å². The number of carbonyl (C=O) groups excluding carboxylic acids is 1. The van der Waals surface area contributed by atoms with E-state index in [9.17, 15) is 4.79 Å². The molecule has 0 N–H and O–H groups in total. The molecule has 0 aromatic rings. The van der Waals surface area contributed by atoms with Crippen LogP contribution in [0, 0.1) is 0 Å². The molecule has 0 spiro atoms. The molecule has 1 fully saturated rings. The maximum Gasteiger partial charge on any atom is 0.409 e. The summed E-state index contributed by atoms with van der Waals surface area (Å²) in [6.45, 7) is 3.91. The van der Waals surface area contributed by atoms with E-state index in [1.807, 2.05) is 21.0 Å². The Bertz CT molecular complexity index is 182. The first-order valence-electron chi connectivity index (χ1n) is 4.73. The summed E-state index contributed by atoms with van der Waals surface area (Å²) in [5.41, 5.74) is 0. The molecule has 0 radical (unpaired) electrons. The predicted octanol–water partition coefficient (Wildman–Crippen LogP) is 0.779. The number of hydrogen-bond acceptors (Lipinski definition) is 3. The van der Waals surface area contributed by atoms with Gasteiger partial charge >= 0.3 is 6.09 Å². The second kappa shape index (κ2) is 4.46. The van der Waals surface area contributed by atoms with Crippen LogP contribution < -0.4 is 0 Å². The molecule has 76 valence electrons. The minimum Gasteiger partial charge on any atom is -0.450 e. The summed E-state index contributed by atoms with van der Waals surface area (Å²) in [7, 11) is 4.08. The number of rotatable bonds is 2. The van der Waals surface area contributed by atoms with E-state index in [1.165, 1.54) is 0 Å². The van der Waals surface area contributed by atoms with Gasteiger partial charge in [0.05, 0.1) is 6.61 Å². The number of hydrogen-bond donors (Lipinski definition) is 0. The number of ether oxygens (including phenoxy) is 1. The van der Waals surface area contributed by atoms with Crippen LogP contribution in [0.5, 0.6) is 0 Å². The molecule has 1 saturated heterocycles. The molecule has 0 saturated carbocycles.